The minimum absolute atomic E-state index is 0.226. The molecule has 0 aliphatic heterocycles. The van der Waals surface area contributed by atoms with Gasteiger partial charge in [0.05, 0.1) is 0 Å². The topological polar surface area (TPSA) is 9.23 Å². The van der Waals surface area contributed by atoms with Crippen LogP contribution in [0, 0.1) is 0 Å². The van der Waals surface area contributed by atoms with Gasteiger partial charge in [-0.2, -0.15) is 8.78 Å². The maximum atomic E-state index is 11.7. The molecule has 0 aromatic heterocycles. The fourth-order valence-corrected chi connectivity index (χ4v) is 0.942. The molecule has 0 bridgehead atoms. The summed E-state index contributed by atoms with van der Waals surface area (Å²) < 4.78 is 27.7. The number of alkyl halides is 2. The van der Waals surface area contributed by atoms with Gasteiger partial charge in [0, 0.05) is 0 Å². The van der Waals surface area contributed by atoms with E-state index in [0.29, 0.717) is 0 Å². The molecule has 80 valence electrons. The van der Waals surface area contributed by atoms with E-state index in [0.717, 1.165) is 12.0 Å². The standard InChI is InChI=1S/C9H10F2O.C2H6/c1-2-7-4-3-5-8(6-7)12-9(10)11;1-2/h3-6,9H,2H2,1H3;1-2H3. The van der Waals surface area contributed by atoms with Gasteiger partial charge in [0.15, 0.2) is 0 Å². The van der Waals surface area contributed by atoms with Crippen molar-refractivity contribution in [1.82, 2.24) is 0 Å². The van der Waals surface area contributed by atoms with Crippen molar-refractivity contribution in [3.8, 4) is 5.75 Å². The van der Waals surface area contributed by atoms with Crippen LogP contribution in [0.15, 0.2) is 24.3 Å². The molecule has 0 aliphatic carbocycles. The number of ether oxygens (including phenoxy) is 1. The highest BCUT2D eigenvalue weighted by Gasteiger charge is 2.03. The van der Waals surface area contributed by atoms with Crippen molar-refractivity contribution in [1.29, 1.82) is 0 Å². The van der Waals surface area contributed by atoms with E-state index >= 15 is 0 Å². The molecule has 0 amide bonds. The summed E-state index contributed by atoms with van der Waals surface area (Å²) in [6.07, 6.45) is 0.820. The molecule has 0 spiro atoms. The lowest BCUT2D eigenvalue weighted by Gasteiger charge is -2.04. The van der Waals surface area contributed by atoms with Gasteiger partial charge in [-0.1, -0.05) is 32.9 Å². The SMILES string of the molecule is CC.CCc1cccc(OC(F)F)c1. The van der Waals surface area contributed by atoms with E-state index in [2.05, 4.69) is 4.74 Å². The van der Waals surface area contributed by atoms with Crippen LogP contribution < -0.4 is 4.74 Å². The van der Waals surface area contributed by atoms with Crippen LogP contribution in [0.4, 0.5) is 8.78 Å². The van der Waals surface area contributed by atoms with Crippen LogP contribution in [0.3, 0.4) is 0 Å². The first-order valence-corrected chi connectivity index (χ1v) is 4.76. The monoisotopic (exact) mass is 202 g/mol. The average Bonchev–Trinajstić information content (AvgIpc) is 2.20. The lowest BCUT2D eigenvalue weighted by Crippen LogP contribution is -2.01. The van der Waals surface area contributed by atoms with E-state index in [1.165, 1.54) is 6.07 Å². The van der Waals surface area contributed by atoms with Crippen molar-refractivity contribution < 1.29 is 13.5 Å². The Kier molecular flexibility index (Phi) is 6.72. The third kappa shape index (κ3) is 4.80. The van der Waals surface area contributed by atoms with Gasteiger partial charge in [0.1, 0.15) is 5.75 Å². The summed E-state index contributed by atoms with van der Waals surface area (Å²) in [7, 11) is 0. The molecule has 1 rings (SSSR count). The predicted octanol–water partition coefficient (Wildman–Crippen LogP) is 3.88. The Bertz CT molecular complexity index is 249. The third-order valence-electron chi connectivity index (χ3n) is 1.53. The van der Waals surface area contributed by atoms with E-state index in [-0.39, 0.29) is 5.75 Å². The molecule has 0 heterocycles. The fourth-order valence-electron chi connectivity index (χ4n) is 0.942. The highest BCUT2D eigenvalue weighted by molar-refractivity contribution is 5.28. The van der Waals surface area contributed by atoms with Crippen LogP contribution in [0.1, 0.15) is 26.3 Å². The molecule has 1 aromatic carbocycles. The Morgan fingerprint density at radius 2 is 1.93 bits per heavy atom. The van der Waals surface area contributed by atoms with Gasteiger partial charge in [-0.3, -0.25) is 0 Å². The summed E-state index contributed by atoms with van der Waals surface area (Å²) in [4.78, 5) is 0. The minimum atomic E-state index is -2.74. The number of hydrogen-bond donors (Lipinski definition) is 0. The van der Waals surface area contributed by atoms with Crippen LogP contribution in [0.25, 0.3) is 0 Å². The van der Waals surface area contributed by atoms with Crippen molar-refractivity contribution in [3.05, 3.63) is 29.8 Å². The Labute approximate surface area is 83.7 Å². The number of rotatable bonds is 3. The van der Waals surface area contributed by atoms with Crippen molar-refractivity contribution >= 4 is 0 Å². The fraction of sp³-hybridized carbons (Fsp3) is 0.455. The molecule has 0 saturated heterocycles. The third-order valence-corrected chi connectivity index (χ3v) is 1.53. The zero-order valence-corrected chi connectivity index (χ0v) is 8.76. The first-order valence-electron chi connectivity index (χ1n) is 4.76. The Morgan fingerprint density at radius 3 is 2.43 bits per heavy atom. The second kappa shape index (κ2) is 7.30. The molecule has 1 nitrogen and oxygen atoms in total. The van der Waals surface area contributed by atoms with Crippen LogP contribution in [-0.4, -0.2) is 6.61 Å². The van der Waals surface area contributed by atoms with E-state index in [9.17, 15) is 8.78 Å². The second-order valence-electron chi connectivity index (χ2n) is 2.38. The van der Waals surface area contributed by atoms with Crippen molar-refractivity contribution in [3.63, 3.8) is 0 Å². The van der Waals surface area contributed by atoms with Gasteiger partial charge < -0.3 is 4.74 Å². The van der Waals surface area contributed by atoms with E-state index < -0.39 is 6.61 Å². The van der Waals surface area contributed by atoms with E-state index in [4.69, 9.17) is 0 Å². The first kappa shape index (κ1) is 12.9. The number of hydrogen-bond acceptors (Lipinski definition) is 1. The van der Waals surface area contributed by atoms with E-state index in [1.807, 2.05) is 26.8 Å². The summed E-state index contributed by atoms with van der Waals surface area (Å²) in [5, 5.41) is 0. The van der Waals surface area contributed by atoms with Crippen LogP contribution in [-0.2, 0) is 6.42 Å². The molecule has 0 unspecified atom stereocenters. The minimum Gasteiger partial charge on any atom is -0.435 e. The van der Waals surface area contributed by atoms with Gasteiger partial charge in [-0.25, -0.2) is 0 Å². The van der Waals surface area contributed by atoms with Gasteiger partial charge in [0.25, 0.3) is 0 Å². The summed E-state index contributed by atoms with van der Waals surface area (Å²) in [5.74, 6) is 0.226. The molecule has 14 heavy (non-hydrogen) atoms. The second-order valence-corrected chi connectivity index (χ2v) is 2.38. The predicted molar refractivity (Wildman–Crippen MR) is 53.8 cm³/mol. The van der Waals surface area contributed by atoms with Crippen molar-refractivity contribution in [2.45, 2.75) is 33.8 Å². The summed E-state index contributed by atoms with van der Waals surface area (Å²) in [6.45, 7) is 3.22. The zero-order chi connectivity index (χ0) is 11.0. The van der Waals surface area contributed by atoms with Gasteiger partial charge >= 0.3 is 6.61 Å². The first-order chi connectivity index (χ1) is 6.72. The number of aryl methyl sites for hydroxylation is 1. The lowest BCUT2D eigenvalue weighted by molar-refractivity contribution is -0.0498. The molecular weight excluding hydrogens is 186 g/mol. The molecule has 0 radical (unpaired) electrons. The Morgan fingerprint density at radius 1 is 1.29 bits per heavy atom. The summed E-state index contributed by atoms with van der Waals surface area (Å²) >= 11 is 0. The van der Waals surface area contributed by atoms with E-state index in [1.54, 1.807) is 12.1 Å². The molecule has 0 aliphatic rings. The normalized spacial score (nSPS) is 9.29. The number of benzene rings is 1. The van der Waals surface area contributed by atoms with Crippen LogP contribution >= 0.6 is 0 Å². The average molecular weight is 202 g/mol. The Balaban J connectivity index is 0.000000791. The van der Waals surface area contributed by atoms with Gasteiger partial charge in [0.2, 0.25) is 0 Å². The van der Waals surface area contributed by atoms with Crippen LogP contribution in [0.2, 0.25) is 0 Å². The molecular formula is C11H16F2O. The molecule has 0 N–H and O–H groups in total. The zero-order valence-electron chi connectivity index (χ0n) is 8.76. The highest BCUT2D eigenvalue weighted by atomic mass is 19.3. The van der Waals surface area contributed by atoms with Crippen LogP contribution in [0.5, 0.6) is 5.75 Å². The maximum absolute atomic E-state index is 11.7. The summed E-state index contributed by atoms with van der Waals surface area (Å²) in [5.41, 5.74) is 0.994. The summed E-state index contributed by atoms with van der Waals surface area (Å²) in [6, 6.07) is 6.71. The smallest absolute Gasteiger partial charge is 0.387 e. The molecule has 0 saturated carbocycles. The highest BCUT2D eigenvalue weighted by Crippen LogP contribution is 2.15. The molecule has 1 aromatic rings. The molecule has 3 heteroatoms. The maximum Gasteiger partial charge on any atom is 0.387 e. The lowest BCUT2D eigenvalue weighted by atomic mass is 10.2. The molecule has 0 atom stereocenters. The van der Waals surface area contributed by atoms with Gasteiger partial charge in [-0.15, -0.1) is 0 Å². The quantitative estimate of drug-likeness (QED) is 0.722. The largest absolute Gasteiger partial charge is 0.435 e. The van der Waals surface area contributed by atoms with Crippen molar-refractivity contribution in [2.75, 3.05) is 0 Å². The Hall–Kier alpha value is -1.12. The van der Waals surface area contributed by atoms with Crippen molar-refractivity contribution in [2.24, 2.45) is 0 Å². The molecule has 0 fully saturated rings. The number of halogens is 2. The van der Waals surface area contributed by atoms with Gasteiger partial charge in [-0.05, 0) is 24.1 Å².